The van der Waals surface area contributed by atoms with Crippen molar-refractivity contribution in [3.8, 4) is 0 Å². The van der Waals surface area contributed by atoms with Crippen LogP contribution in [0.25, 0.3) is 0 Å². The van der Waals surface area contributed by atoms with Crippen molar-refractivity contribution in [1.29, 1.82) is 0 Å². The largest absolute Gasteiger partial charge is 0.480 e. The molecule has 0 aliphatic carbocycles. The number of carboxylic acid groups (broad SMARTS) is 1. The van der Waals surface area contributed by atoms with E-state index in [1.54, 1.807) is 6.20 Å². The highest BCUT2D eigenvalue weighted by atomic mass is 16.4. The number of nitrogens with zero attached hydrogens (tertiary/aromatic N) is 3. The molecule has 1 rings (SSSR count). The zero-order valence-corrected chi connectivity index (χ0v) is 11.0. The molecule has 6 nitrogen and oxygen atoms in total. The third-order valence-corrected chi connectivity index (χ3v) is 2.94. The van der Waals surface area contributed by atoms with Gasteiger partial charge >= 0.3 is 5.97 Å². The Morgan fingerprint density at radius 1 is 1.56 bits per heavy atom. The number of hydrogen-bond donors (Lipinski definition) is 1. The van der Waals surface area contributed by atoms with Gasteiger partial charge < -0.3 is 14.6 Å². The van der Waals surface area contributed by atoms with Crippen molar-refractivity contribution in [2.75, 3.05) is 11.4 Å². The van der Waals surface area contributed by atoms with E-state index in [2.05, 4.69) is 4.98 Å². The molecule has 0 aliphatic rings. The molecule has 1 unspecified atom stereocenters. The van der Waals surface area contributed by atoms with Crippen molar-refractivity contribution >= 4 is 11.8 Å². The molecule has 1 N–H and O–H groups in total. The summed E-state index contributed by atoms with van der Waals surface area (Å²) in [6, 6.07) is -0.0472. The molecule has 1 aromatic heterocycles. The number of rotatable bonds is 6. The van der Waals surface area contributed by atoms with Crippen LogP contribution in [0.3, 0.4) is 0 Å². The molecule has 0 bridgehead atoms. The smallest absolute Gasteiger partial charge is 0.323 e. The van der Waals surface area contributed by atoms with Gasteiger partial charge in [0.15, 0.2) is 5.82 Å². The van der Waals surface area contributed by atoms with Gasteiger partial charge in [-0.15, -0.1) is 0 Å². The second-order valence-electron chi connectivity index (χ2n) is 4.12. The molecule has 0 saturated heterocycles. The Morgan fingerprint density at radius 2 is 2.22 bits per heavy atom. The van der Waals surface area contributed by atoms with Gasteiger partial charge in [-0.3, -0.25) is 9.59 Å². The number of aliphatic carboxylic acids is 1. The van der Waals surface area contributed by atoms with Gasteiger partial charge in [-0.1, -0.05) is 6.92 Å². The molecule has 0 fully saturated rings. The molecule has 0 spiro atoms. The van der Waals surface area contributed by atoms with E-state index in [1.807, 2.05) is 20.8 Å². The van der Waals surface area contributed by atoms with Crippen LogP contribution in [0.2, 0.25) is 0 Å². The summed E-state index contributed by atoms with van der Waals surface area (Å²) in [4.78, 5) is 28.6. The average molecular weight is 253 g/mol. The molecule has 0 amide bonds. The monoisotopic (exact) mass is 253 g/mol. The first-order valence-electron chi connectivity index (χ1n) is 6.05. The Hall–Kier alpha value is -1.85. The highest BCUT2D eigenvalue weighted by molar-refractivity contribution is 5.73. The Morgan fingerprint density at radius 3 is 2.72 bits per heavy atom. The van der Waals surface area contributed by atoms with Gasteiger partial charge in [-0.05, 0) is 20.3 Å². The topological polar surface area (TPSA) is 75.4 Å². The van der Waals surface area contributed by atoms with E-state index in [9.17, 15) is 9.59 Å². The van der Waals surface area contributed by atoms with Crippen LogP contribution in [0.15, 0.2) is 17.2 Å². The Labute approximate surface area is 106 Å². The Balaban J connectivity index is 3.20. The van der Waals surface area contributed by atoms with E-state index in [0.717, 1.165) is 6.42 Å². The van der Waals surface area contributed by atoms with Gasteiger partial charge in [0.05, 0.1) is 0 Å². The van der Waals surface area contributed by atoms with E-state index in [4.69, 9.17) is 5.11 Å². The normalized spacial score (nSPS) is 12.2. The predicted octanol–water partition coefficient (Wildman–Crippen LogP) is 0.953. The molecule has 18 heavy (non-hydrogen) atoms. The van der Waals surface area contributed by atoms with Crippen molar-refractivity contribution in [3.63, 3.8) is 0 Å². The van der Waals surface area contributed by atoms with Crippen molar-refractivity contribution in [2.45, 2.75) is 39.8 Å². The second kappa shape index (κ2) is 6.18. The Kier molecular flexibility index (Phi) is 4.88. The molecule has 1 aromatic rings. The number of carboxylic acids is 1. The van der Waals surface area contributed by atoms with Crippen LogP contribution >= 0.6 is 0 Å². The molecular formula is C12H19N3O3. The van der Waals surface area contributed by atoms with Crippen LogP contribution in [0.1, 0.15) is 27.2 Å². The van der Waals surface area contributed by atoms with Crippen LogP contribution in [0, 0.1) is 0 Å². The van der Waals surface area contributed by atoms with E-state index in [0.29, 0.717) is 6.54 Å². The maximum atomic E-state index is 12.1. The molecule has 0 radical (unpaired) electrons. The first-order valence-corrected chi connectivity index (χ1v) is 6.05. The molecule has 100 valence electrons. The number of aryl methyl sites for hydroxylation is 1. The molecule has 6 heteroatoms. The zero-order valence-electron chi connectivity index (χ0n) is 11.0. The molecule has 0 saturated carbocycles. The number of anilines is 1. The van der Waals surface area contributed by atoms with Gasteiger partial charge in [0, 0.05) is 25.0 Å². The van der Waals surface area contributed by atoms with E-state index >= 15 is 0 Å². The number of hydrogen-bond acceptors (Lipinski definition) is 4. The lowest BCUT2D eigenvalue weighted by atomic mass is 10.2. The van der Waals surface area contributed by atoms with Crippen LogP contribution in [0.5, 0.6) is 0 Å². The van der Waals surface area contributed by atoms with E-state index < -0.39 is 5.97 Å². The predicted molar refractivity (Wildman–Crippen MR) is 68.9 cm³/mol. The van der Waals surface area contributed by atoms with Crippen molar-refractivity contribution < 1.29 is 9.90 Å². The first-order chi connectivity index (χ1) is 8.51. The average Bonchev–Trinajstić information content (AvgIpc) is 2.35. The fraction of sp³-hybridized carbons (Fsp3) is 0.583. The zero-order chi connectivity index (χ0) is 13.7. The minimum atomic E-state index is -0.969. The van der Waals surface area contributed by atoms with Gasteiger partial charge in [-0.2, -0.15) is 0 Å². The summed E-state index contributed by atoms with van der Waals surface area (Å²) in [6.45, 7) is 6.00. The van der Waals surface area contributed by atoms with E-state index in [-0.39, 0.29) is 24.0 Å². The summed E-state index contributed by atoms with van der Waals surface area (Å²) in [7, 11) is 0. The minimum Gasteiger partial charge on any atom is -0.480 e. The molecular weight excluding hydrogens is 234 g/mol. The lowest BCUT2D eigenvalue weighted by Gasteiger charge is -2.27. The molecule has 0 aliphatic heterocycles. The van der Waals surface area contributed by atoms with Gasteiger partial charge in [0.2, 0.25) is 0 Å². The van der Waals surface area contributed by atoms with E-state index in [1.165, 1.54) is 15.7 Å². The SMILES string of the molecule is CCC(C)N(CC(=O)O)c1nccn(CC)c1=O. The summed E-state index contributed by atoms with van der Waals surface area (Å²) in [5.74, 6) is -0.764. The highest BCUT2D eigenvalue weighted by Gasteiger charge is 2.20. The molecule has 0 aromatic carbocycles. The number of carbonyl (C=O) groups is 1. The van der Waals surface area contributed by atoms with Crippen molar-refractivity contribution in [2.24, 2.45) is 0 Å². The van der Waals surface area contributed by atoms with Crippen LogP contribution in [0.4, 0.5) is 5.82 Å². The lowest BCUT2D eigenvalue weighted by Crippen LogP contribution is -2.42. The fourth-order valence-electron chi connectivity index (χ4n) is 1.69. The first kappa shape index (κ1) is 14.2. The third-order valence-electron chi connectivity index (χ3n) is 2.94. The Bertz CT molecular complexity index is 470. The maximum absolute atomic E-state index is 12.1. The van der Waals surface area contributed by atoms with Gasteiger partial charge in [-0.25, -0.2) is 4.98 Å². The van der Waals surface area contributed by atoms with Crippen LogP contribution in [-0.2, 0) is 11.3 Å². The summed E-state index contributed by atoms with van der Waals surface area (Å²) >= 11 is 0. The fourth-order valence-corrected chi connectivity index (χ4v) is 1.69. The molecule has 1 atom stereocenters. The van der Waals surface area contributed by atoms with Crippen molar-refractivity contribution in [1.82, 2.24) is 9.55 Å². The van der Waals surface area contributed by atoms with Gasteiger partial charge in [0.25, 0.3) is 5.56 Å². The standard InChI is InChI=1S/C12H19N3O3/c1-4-9(3)15(8-10(16)17)11-12(18)14(5-2)7-6-13-11/h6-7,9H,4-5,8H2,1-3H3,(H,16,17). The number of aromatic nitrogens is 2. The maximum Gasteiger partial charge on any atom is 0.323 e. The summed E-state index contributed by atoms with van der Waals surface area (Å²) in [5, 5.41) is 8.93. The molecule has 1 heterocycles. The van der Waals surface area contributed by atoms with Crippen molar-refractivity contribution in [3.05, 3.63) is 22.7 Å². The third kappa shape index (κ3) is 3.09. The highest BCUT2D eigenvalue weighted by Crippen LogP contribution is 2.10. The quantitative estimate of drug-likeness (QED) is 0.817. The summed E-state index contributed by atoms with van der Waals surface area (Å²) < 4.78 is 1.51. The lowest BCUT2D eigenvalue weighted by molar-refractivity contribution is -0.135. The second-order valence-corrected chi connectivity index (χ2v) is 4.12. The summed E-state index contributed by atoms with van der Waals surface area (Å²) in [5.41, 5.74) is -0.249. The van der Waals surface area contributed by atoms with Gasteiger partial charge in [0.1, 0.15) is 6.54 Å². The minimum absolute atomic E-state index is 0.0472. The van der Waals surface area contributed by atoms with Crippen LogP contribution < -0.4 is 10.5 Å². The van der Waals surface area contributed by atoms with Crippen LogP contribution in [-0.4, -0.2) is 33.2 Å². The summed E-state index contributed by atoms with van der Waals surface area (Å²) in [6.07, 6.45) is 3.87.